The van der Waals surface area contributed by atoms with Gasteiger partial charge in [-0.15, -0.1) is 0 Å². The van der Waals surface area contributed by atoms with Crippen LogP contribution in [0.25, 0.3) is 0 Å². The van der Waals surface area contributed by atoms with E-state index in [0.717, 1.165) is 12.8 Å². The second-order valence-corrected chi connectivity index (χ2v) is 6.30. The van der Waals surface area contributed by atoms with Crippen LogP contribution in [0.15, 0.2) is 48.5 Å². The highest BCUT2D eigenvalue weighted by atomic mass is 16.5. The highest BCUT2D eigenvalue weighted by molar-refractivity contribution is 5.97. The molecular weight excluding hydrogens is 318 g/mol. The lowest BCUT2D eigenvalue weighted by Gasteiger charge is -2.38. The van der Waals surface area contributed by atoms with Crippen LogP contribution in [-0.4, -0.2) is 37.9 Å². The van der Waals surface area contributed by atoms with Gasteiger partial charge in [-0.05, 0) is 30.5 Å². The van der Waals surface area contributed by atoms with Gasteiger partial charge in [0.25, 0.3) is 5.91 Å². The second kappa shape index (κ2) is 7.57. The second-order valence-electron chi connectivity index (χ2n) is 6.30. The molecule has 2 N–H and O–H groups in total. The van der Waals surface area contributed by atoms with Gasteiger partial charge in [-0.3, -0.25) is 4.79 Å². The van der Waals surface area contributed by atoms with E-state index in [4.69, 9.17) is 9.47 Å². The van der Waals surface area contributed by atoms with Crippen LogP contribution in [-0.2, 0) is 10.2 Å². The molecule has 0 aliphatic carbocycles. The number of para-hydroxylation sites is 1. The third-order valence-corrected chi connectivity index (χ3v) is 4.89. The maximum absolute atomic E-state index is 12.6. The Labute approximate surface area is 147 Å². The number of ether oxygens (including phenoxy) is 2. The number of carbonyl (C=O) groups excluding carboxylic acids is 1. The number of carbonyl (C=O) groups is 1. The van der Waals surface area contributed by atoms with E-state index in [-0.39, 0.29) is 28.4 Å². The molecule has 132 valence electrons. The predicted molar refractivity (Wildman–Crippen MR) is 95.2 cm³/mol. The Balaban J connectivity index is 1.79. The van der Waals surface area contributed by atoms with Crippen LogP contribution >= 0.6 is 0 Å². The van der Waals surface area contributed by atoms with Crippen molar-refractivity contribution in [2.24, 2.45) is 0 Å². The van der Waals surface area contributed by atoms with Crippen molar-refractivity contribution in [2.45, 2.75) is 18.3 Å². The van der Waals surface area contributed by atoms with Crippen LogP contribution < -0.4 is 10.1 Å². The number of methoxy groups -OCH3 is 1. The number of aromatic hydroxyl groups is 1. The molecule has 1 amide bonds. The van der Waals surface area contributed by atoms with Gasteiger partial charge < -0.3 is 19.9 Å². The number of benzene rings is 2. The normalized spacial score (nSPS) is 16.2. The Morgan fingerprint density at radius 3 is 2.56 bits per heavy atom. The zero-order chi connectivity index (χ0) is 17.7. The van der Waals surface area contributed by atoms with E-state index in [1.54, 1.807) is 18.2 Å². The van der Waals surface area contributed by atoms with Crippen molar-refractivity contribution in [2.75, 3.05) is 26.9 Å². The highest BCUT2D eigenvalue weighted by Gasteiger charge is 2.35. The van der Waals surface area contributed by atoms with Crippen molar-refractivity contribution >= 4 is 5.91 Å². The summed E-state index contributed by atoms with van der Waals surface area (Å²) in [4.78, 5) is 12.6. The van der Waals surface area contributed by atoms with Crippen LogP contribution in [0.5, 0.6) is 11.5 Å². The molecule has 1 heterocycles. The number of nitrogens with one attached hydrogen (secondary N) is 1. The predicted octanol–water partition coefficient (Wildman–Crippen LogP) is 2.88. The van der Waals surface area contributed by atoms with Gasteiger partial charge in [-0.1, -0.05) is 36.4 Å². The summed E-state index contributed by atoms with van der Waals surface area (Å²) < 4.78 is 10.6. The largest absolute Gasteiger partial charge is 0.504 e. The van der Waals surface area contributed by atoms with Crippen LogP contribution in [0.4, 0.5) is 0 Å². The van der Waals surface area contributed by atoms with Gasteiger partial charge in [-0.25, -0.2) is 0 Å². The number of phenols is 1. The Bertz CT molecular complexity index is 724. The third kappa shape index (κ3) is 3.61. The molecule has 1 aliphatic heterocycles. The summed E-state index contributed by atoms with van der Waals surface area (Å²) in [6.45, 7) is 1.85. The summed E-state index contributed by atoms with van der Waals surface area (Å²) in [5, 5.41) is 13.2. The summed E-state index contributed by atoms with van der Waals surface area (Å²) in [6.07, 6.45) is 1.70. The zero-order valence-electron chi connectivity index (χ0n) is 14.3. The van der Waals surface area contributed by atoms with Gasteiger partial charge in [0, 0.05) is 25.2 Å². The average molecular weight is 341 g/mol. The van der Waals surface area contributed by atoms with Crippen molar-refractivity contribution in [3.05, 3.63) is 59.7 Å². The summed E-state index contributed by atoms with van der Waals surface area (Å²) in [7, 11) is 1.46. The Kier molecular flexibility index (Phi) is 5.24. The fraction of sp³-hybridized carbons (Fsp3) is 0.350. The summed E-state index contributed by atoms with van der Waals surface area (Å²) in [5.41, 5.74) is 1.27. The van der Waals surface area contributed by atoms with Gasteiger partial charge in [-0.2, -0.15) is 0 Å². The van der Waals surface area contributed by atoms with E-state index in [2.05, 4.69) is 17.4 Å². The highest BCUT2D eigenvalue weighted by Crippen LogP contribution is 2.35. The fourth-order valence-electron chi connectivity index (χ4n) is 3.34. The molecule has 5 nitrogen and oxygen atoms in total. The quantitative estimate of drug-likeness (QED) is 0.877. The topological polar surface area (TPSA) is 67.8 Å². The lowest BCUT2D eigenvalue weighted by Crippen LogP contribution is -2.44. The molecule has 0 aromatic heterocycles. The standard InChI is InChI=1S/C20H23NO4/c1-24-17-9-5-8-16(18(17)22)19(23)21-14-20(10-12-25-13-11-20)15-6-3-2-4-7-15/h2-9,22H,10-14H2,1H3,(H,21,23). The molecule has 0 saturated carbocycles. The molecule has 0 atom stereocenters. The third-order valence-electron chi connectivity index (χ3n) is 4.89. The molecule has 0 radical (unpaired) electrons. The van der Waals surface area contributed by atoms with E-state index in [9.17, 15) is 9.90 Å². The molecule has 0 bridgehead atoms. The maximum Gasteiger partial charge on any atom is 0.255 e. The van der Waals surface area contributed by atoms with Crippen molar-refractivity contribution in [1.82, 2.24) is 5.32 Å². The van der Waals surface area contributed by atoms with Gasteiger partial charge in [0.05, 0.1) is 12.7 Å². The van der Waals surface area contributed by atoms with E-state index in [1.807, 2.05) is 18.2 Å². The van der Waals surface area contributed by atoms with Crippen LogP contribution in [0, 0.1) is 0 Å². The molecular formula is C20H23NO4. The molecule has 1 fully saturated rings. The first-order valence-electron chi connectivity index (χ1n) is 8.44. The van der Waals surface area contributed by atoms with Crippen LogP contribution in [0.3, 0.4) is 0 Å². The Hall–Kier alpha value is -2.53. The average Bonchev–Trinajstić information content (AvgIpc) is 2.68. The molecule has 2 aromatic carbocycles. The van der Waals surface area contributed by atoms with Crippen molar-refractivity contribution in [3.8, 4) is 11.5 Å². The monoisotopic (exact) mass is 341 g/mol. The van der Waals surface area contributed by atoms with Gasteiger partial charge >= 0.3 is 0 Å². The SMILES string of the molecule is COc1cccc(C(=O)NCC2(c3ccccc3)CCOCC2)c1O. The van der Waals surface area contributed by atoms with Gasteiger partial charge in [0.15, 0.2) is 11.5 Å². The minimum absolute atomic E-state index is 0.136. The lowest BCUT2D eigenvalue weighted by atomic mass is 9.74. The first-order chi connectivity index (χ1) is 12.2. The summed E-state index contributed by atoms with van der Waals surface area (Å²) in [6, 6.07) is 15.1. The molecule has 1 aliphatic rings. The molecule has 1 saturated heterocycles. The number of hydrogen-bond acceptors (Lipinski definition) is 4. The first-order valence-corrected chi connectivity index (χ1v) is 8.44. The number of amides is 1. The van der Waals surface area contributed by atoms with Crippen molar-refractivity contribution in [3.63, 3.8) is 0 Å². The van der Waals surface area contributed by atoms with Gasteiger partial charge in [0.2, 0.25) is 0 Å². The van der Waals surface area contributed by atoms with Crippen molar-refractivity contribution in [1.29, 1.82) is 0 Å². The molecule has 0 spiro atoms. The molecule has 0 unspecified atom stereocenters. The zero-order valence-corrected chi connectivity index (χ0v) is 14.3. The Morgan fingerprint density at radius 1 is 1.16 bits per heavy atom. The lowest BCUT2D eigenvalue weighted by molar-refractivity contribution is 0.0487. The number of rotatable bonds is 5. The van der Waals surface area contributed by atoms with Crippen LogP contribution in [0.2, 0.25) is 0 Å². The molecule has 3 rings (SSSR count). The van der Waals surface area contributed by atoms with E-state index < -0.39 is 0 Å². The molecule has 25 heavy (non-hydrogen) atoms. The van der Waals surface area contributed by atoms with Gasteiger partial charge in [0.1, 0.15) is 0 Å². The minimum atomic E-state index is -0.307. The van der Waals surface area contributed by atoms with Crippen LogP contribution in [0.1, 0.15) is 28.8 Å². The fourth-order valence-corrected chi connectivity index (χ4v) is 3.34. The van der Waals surface area contributed by atoms with E-state index in [1.165, 1.54) is 12.7 Å². The molecule has 5 heteroatoms. The Morgan fingerprint density at radius 2 is 1.88 bits per heavy atom. The summed E-state index contributed by atoms with van der Waals surface area (Å²) >= 11 is 0. The van der Waals surface area contributed by atoms with E-state index in [0.29, 0.717) is 19.8 Å². The summed E-state index contributed by atoms with van der Waals surface area (Å²) in [5.74, 6) is -0.155. The smallest absolute Gasteiger partial charge is 0.255 e. The first kappa shape index (κ1) is 17.3. The minimum Gasteiger partial charge on any atom is -0.504 e. The molecule has 2 aromatic rings. The number of hydrogen-bond donors (Lipinski definition) is 2. The number of phenolic OH excluding ortho intramolecular Hbond substituents is 1. The van der Waals surface area contributed by atoms with Crippen molar-refractivity contribution < 1.29 is 19.4 Å². The van der Waals surface area contributed by atoms with E-state index >= 15 is 0 Å². The maximum atomic E-state index is 12.6.